The number of nitrogens with one attached hydrogen (secondary N) is 1. The van der Waals surface area contributed by atoms with Gasteiger partial charge in [0.25, 0.3) is 0 Å². The number of thiazole rings is 1. The molecule has 0 unspecified atom stereocenters. The third-order valence-corrected chi connectivity index (χ3v) is 3.56. The third kappa shape index (κ3) is 2.72. The summed E-state index contributed by atoms with van der Waals surface area (Å²) in [5.41, 5.74) is 0.839. The van der Waals surface area contributed by atoms with E-state index in [4.69, 9.17) is 4.74 Å². The molecular weight excluding hydrogens is 224 g/mol. The van der Waals surface area contributed by atoms with Crippen molar-refractivity contribution in [3.05, 3.63) is 11.1 Å². The van der Waals surface area contributed by atoms with Gasteiger partial charge in [0.1, 0.15) is 0 Å². The maximum absolute atomic E-state index is 11.4. The lowest BCUT2D eigenvalue weighted by molar-refractivity contribution is 0.0520. The van der Waals surface area contributed by atoms with E-state index in [1.54, 1.807) is 12.3 Å². The van der Waals surface area contributed by atoms with E-state index in [0.29, 0.717) is 17.7 Å². The Kier molecular flexibility index (Phi) is 3.14. The molecule has 1 aliphatic carbocycles. The number of ether oxygens (including phenoxy) is 1. The zero-order valence-electron chi connectivity index (χ0n) is 9.58. The van der Waals surface area contributed by atoms with Crippen molar-refractivity contribution in [1.29, 1.82) is 0 Å². The summed E-state index contributed by atoms with van der Waals surface area (Å²) in [6.07, 6.45) is 2.55. The van der Waals surface area contributed by atoms with Gasteiger partial charge in [0.05, 0.1) is 6.61 Å². The van der Waals surface area contributed by atoms with Crippen LogP contribution in [0.3, 0.4) is 0 Å². The van der Waals surface area contributed by atoms with Crippen LogP contribution in [0.1, 0.15) is 37.2 Å². The average Bonchev–Trinajstić information content (AvgIpc) is 2.82. The lowest BCUT2D eigenvalue weighted by atomic mass is 10.1. The van der Waals surface area contributed by atoms with Crippen molar-refractivity contribution in [3.63, 3.8) is 0 Å². The Labute approximate surface area is 99.0 Å². The molecule has 1 aromatic heterocycles. The molecule has 0 saturated heterocycles. The lowest BCUT2D eigenvalue weighted by Crippen LogP contribution is -2.12. The number of anilines is 1. The van der Waals surface area contributed by atoms with E-state index < -0.39 is 0 Å². The van der Waals surface area contributed by atoms with E-state index in [1.165, 1.54) is 24.2 Å². The fourth-order valence-corrected chi connectivity index (χ4v) is 2.01. The van der Waals surface area contributed by atoms with E-state index in [9.17, 15) is 4.79 Å². The predicted molar refractivity (Wildman–Crippen MR) is 63.9 cm³/mol. The highest BCUT2D eigenvalue weighted by Gasteiger charge is 2.36. The second-order valence-corrected chi connectivity index (χ2v) is 5.28. The Hall–Kier alpha value is -1.10. The normalized spacial score (nSPS) is 16.9. The van der Waals surface area contributed by atoms with Gasteiger partial charge in [-0.05, 0) is 25.2 Å². The first-order valence-corrected chi connectivity index (χ1v) is 6.37. The molecule has 1 heterocycles. The number of aromatic nitrogens is 1. The average molecular weight is 240 g/mol. The van der Waals surface area contributed by atoms with Gasteiger partial charge in [0.2, 0.25) is 0 Å². The fourth-order valence-electron chi connectivity index (χ4n) is 1.33. The second kappa shape index (κ2) is 4.41. The minimum atomic E-state index is -0.343. The summed E-state index contributed by atoms with van der Waals surface area (Å²) in [5, 5.41) is 5.80. The van der Waals surface area contributed by atoms with Crippen molar-refractivity contribution < 1.29 is 9.53 Å². The number of esters is 1. The summed E-state index contributed by atoms with van der Waals surface area (Å²) in [7, 11) is 0. The molecule has 4 nitrogen and oxygen atoms in total. The summed E-state index contributed by atoms with van der Waals surface area (Å²) in [6, 6.07) is 0. The minimum absolute atomic E-state index is 0.343. The van der Waals surface area contributed by atoms with Gasteiger partial charge in [-0.25, -0.2) is 9.78 Å². The Morgan fingerprint density at radius 1 is 1.69 bits per heavy atom. The topological polar surface area (TPSA) is 51.2 Å². The van der Waals surface area contributed by atoms with E-state index >= 15 is 0 Å². The summed E-state index contributed by atoms with van der Waals surface area (Å²) < 4.78 is 4.88. The summed E-state index contributed by atoms with van der Waals surface area (Å²) in [4.78, 5) is 15.6. The first kappa shape index (κ1) is 11.4. The van der Waals surface area contributed by atoms with Crippen molar-refractivity contribution >= 4 is 22.4 Å². The van der Waals surface area contributed by atoms with Crippen LogP contribution < -0.4 is 5.32 Å². The molecule has 0 bridgehead atoms. The first-order chi connectivity index (χ1) is 7.63. The fraction of sp³-hybridized carbons (Fsp3) is 0.636. The van der Waals surface area contributed by atoms with E-state index in [-0.39, 0.29) is 5.97 Å². The Morgan fingerprint density at radius 2 is 2.44 bits per heavy atom. The van der Waals surface area contributed by atoms with Gasteiger partial charge < -0.3 is 10.1 Å². The molecule has 1 fully saturated rings. The van der Waals surface area contributed by atoms with E-state index in [0.717, 1.165) is 11.7 Å². The molecule has 1 saturated carbocycles. The second-order valence-electron chi connectivity index (χ2n) is 4.42. The van der Waals surface area contributed by atoms with Gasteiger partial charge in [0, 0.05) is 11.9 Å². The van der Waals surface area contributed by atoms with Crippen LogP contribution >= 0.6 is 11.3 Å². The van der Waals surface area contributed by atoms with Crippen molar-refractivity contribution in [1.82, 2.24) is 4.98 Å². The first-order valence-electron chi connectivity index (χ1n) is 5.49. The molecule has 0 spiro atoms. The molecule has 88 valence electrons. The largest absolute Gasteiger partial charge is 0.461 e. The monoisotopic (exact) mass is 240 g/mol. The molecule has 5 heteroatoms. The zero-order chi connectivity index (χ0) is 11.6. The van der Waals surface area contributed by atoms with Crippen LogP contribution in [-0.4, -0.2) is 24.1 Å². The highest BCUT2D eigenvalue weighted by Crippen LogP contribution is 2.44. The van der Waals surface area contributed by atoms with Crippen molar-refractivity contribution in [2.75, 3.05) is 18.5 Å². The maximum Gasteiger partial charge on any atom is 0.357 e. The quantitative estimate of drug-likeness (QED) is 0.803. The van der Waals surface area contributed by atoms with Crippen LogP contribution in [0, 0.1) is 5.41 Å². The predicted octanol–water partition coefficient (Wildman–Crippen LogP) is 2.53. The highest BCUT2D eigenvalue weighted by molar-refractivity contribution is 7.13. The van der Waals surface area contributed by atoms with Crippen LogP contribution in [0.25, 0.3) is 0 Å². The maximum atomic E-state index is 11.4. The third-order valence-electron chi connectivity index (χ3n) is 2.76. The van der Waals surface area contributed by atoms with Gasteiger partial charge in [-0.2, -0.15) is 0 Å². The smallest absolute Gasteiger partial charge is 0.357 e. The highest BCUT2D eigenvalue weighted by atomic mass is 32.1. The molecule has 1 N–H and O–H groups in total. The molecule has 2 rings (SSSR count). The van der Waals surface area contributed by atoms with Gasteiger partial charge in [-0.15, -0.1) is 11.3 Å². The van der Waals surface area contributed by atoms with Crippen LogP contribution in [0.5, 0.6) is 0 Å². The Bertz CT molecular complexity index is 385. The number of hydrogen-bond donors (Lipinski definition) is 1. The van der Waals surface area contributed by atoms with Gasteiger partial charge in [0.15, 0.2) is 10.8 Å². The Balaban J connectivity index is 1.89. The van der Waals surface area contributed by atoms with Crippen molar-refractivity contribution in [2.45, 2.75) is 26.7 Å². The molecule has 1 aliphatic rings. The standard InChI is InChI=1S/C11H16N2O2S/c1-3-15-9(14)8-6-16-10(13-8)12-7-11(2)4-5-11/h6H,3-5,7H2,1-2H3,(H,12,13). The van der Waals surface area contributed by atoms with Crippen molar-refractivity contribution in [3.8, 4) is 0 Å². The summed E-state index contributed by atoms with van der Waals surface area (Å²) >= 11 is 1.45. The van der Waals surface area contributed by atoms with Crippen molar-refractivity contribution in [2.24, 2.45) is 5.41 Å². The lowest BCUT2D eigenvalue weighted by Gasteiger charge is -2.07. The van der Waals surface area contributed by atoms with Gasteiger partial charge in [-0.3, -0.25) is 0 Å². The van der Waals surface area contributed by atoms with E-state index in [1.807, 2.05) is 0 Å². The molecular formula is C11H16N2O2S. The molecule has 0 amide bonds. The van der Waals surface area contributed by atoms with Crippen LogP contribution in [-0.2, 0) is 4.74 Å². The van der Waals surface area contributed by atoms with Crippen LogP contribution in [0.2, 0.25) is 0 Å². The summed E-state index contributed by atoms with van der Waals surface area (Å²) in [6.45, 7) is 5.36. The molecule has 0 radical (unpaired) electrons. The number of rotatable bonds is 5. The summed E-state index contributed by atoms with van der Waals surface area (Å²) in [5.74, 6) is -0.343. The molecule has 1 aromatic rings. The number of carbonyl (C=O) groups is 1. The SMILES string of the molecule is CCOC(=O)c1csc(NCC2(C)CC2)n1. The number of nitrogens with zero attached hydrogens (tertiary/aromatic N) is 1. The Morgan fingerprint density at radius 3 is 3.06 bits per heavy atom. The minimum Gasteiger partial charge on any atom is -0.461 e. The van der Waals surface area contributed by atoms with Crippen LogP contribution in [0.15, 0.2) is 5.38 Å². The van der Waals surface area contributed by atoms with Crippen LogP contribution in [0.4, 0.5) is 5.13 Å². The number of hydrogen-bond acceptors (Lipinski definition) is 5. The molecule has 16 heavy (non-hydrogen) atoms. The number of carbonyl (C=O) groups excluding carboxylic acids is 1. The van der Waals surface area contributed by atoms with Gasteiger partial charge in [-0.1, -0.05) is 6.92 Å². The van der Waals surface area contributed by atoms with E-state index in [2.05, 4.69) is 17.2 Å². The molecule has 0 aliphatic heterocycles. The molecule has 0 atom stereocenters. The molecule has 0 aromatic carbocycles. The van der Waals surface area contributed by atoms with Gasteiger partial charge >= 0.3 is 5.97 Å². The zero-order valence-corrected chi connectivity index (χ0v) is 10.4.